The lowest BCUT2D eigenvalue weighted by molar-refractivity contribution is -0.126. The summed E-state index contributed by atoms with van der Waals surface area (Å²) < 4.78 is 45.4. The third kappa shape index (κ3) is 3.09. The minimum atomic E-state index is -3.98. The minimum absolute atomic E-state index is 0.0459. The summed E-state index contributed by atoms with van der Waals surface area (Å²) in [4.78, 5) is 14.2. The third-order valence-corrected chi connectivity index (χ3v) is 4.66. The number of alkyl halides is 2. The van der Waals surface area contributed by atoms with Crippen LogP contribution in [0.4, 0.5) is 13.9 Å². The lowest BCUT2D eigenvalue weighted by Crippen LogP contribution is -2.19. The molecule has 0 aliphatic rings. The van der Waals surface area contributed by atoms with Crippen LogP contribution in [-0.2, 0) is 13.8 Å². The number of aryl methyl sites for hydroxylation is 1. The van der Waals surface area contributed by atoms with Gasteiger partial charge < -0.3 is 0 Å². The molecule has 0 radical (unpaired) electrons. The number of halogens is 3. The van der Waals surface area contributed by atoms with Gasteiger partial charge in [-0.1, -0.05) is 11.3 Å². The van der Waals surface area contributed by atoms with Gasteiger partial charge in [-0.05, 0) is 6.92 Å². The van der Waals surface area contributed by atoms with E-state index in [1.807, 2.05) is 0 Å². The first kappa shape index (κ1) is 13.3. The average Bonchev–Trinajstić information content (AvgIpc) is 2.45. The molecule has 0 spiro atoms. The predicted octanol–water partition coefficient (Wildman–Crippen LogP) is 1.58. The van der Waals surface area contributed by atoms with Gasteiger partial charge in [0.1, 0.15) is 0 Å². The Labute approximate surface area is 97.9 Å². The fourth-order valence-electron chi connectivity index (χ4n) is 0.822. The summed E-state index contributed by atoms with van der Waals surface area (Å²) in [6, 6.07) is 0. The standard InChI is InChI=1S/C6H5ClF2N2O3S2/c1-2-5(16(7,13)14)15-6(10-2)11-4(12)3(8)9/h3H,1H3,(H,10,11,12). The maximum Gasteiger partial charge on any atom is 0.315 e. The van der Waals surface area contributed by atoms with Gasteiger partial charge in [0.2, 0.25) is 0 Å². The zero-order valence-corrected chi connectivity index (χ0v) is 10.1. The second-order valence-electron chi connectivity index (χ2n) is 2.62. The third-order valence-electron chi connectivity index (χ3n) is 1.40. The van der Waals surface area contributed by atoms with Crippen molar-refractivity contribution in [2.75, 3.05) is 5.32 Å². The van der Waals surface area contributed by atoms with Crippen LogP contribution in [0.1, 0.15) is 5.69 Å². The van der Waals surface area contributed by atoms with E-state index in [0.29, 0.717) is 11.3 Å². The summed E-state index contributed by atoms with van der Waals surface area (Å²) in [6.45, 7) is 1.34. The summed E-state index contributed by atoms with van der Waals surface area (Å²) in [6.07, 6.45) is -3.19. The van der Waals surface area contributed by atoms with E-state index < -0.39 is 21.4 Å². The van der Waals surface area contributed by atoms with Gasteiger partial charge in [0.15, 0.2) is 9.34 Å². The number of aromatic nitrogens is 1. The molecule has 0 fully saturated rings. The fraction of sp³-hybridized carbons (Fsp3) is 0.333. The zero-order chi connectivity index (χ0) is 12.5. The summed E-state index contributed by atoms with van der Waals surface area (Å²) in [5, 5.41) is 1.54. The Morgan fingerprint density at radius 2 is 2.12 bits per heavy atom. The zero-order valence-electron chi connectivity index (χ0n) is 7.70. The quantitative estimate of drug-likeness (QED) is 0.858. The Balaban J connectivity index is 2.99. The van der Waals surface area contributed by atoms with Crippen molar-refractivity contribution in [3.8, 4) is 0 Å². The van der Waals surface area contributed by atoms with E-state index in [2.05, 4.69) is 4.98 Å². The summed E-state index contributed by atoms with van der Waals surface area (Å²) in [5.41, 5.74) is 0.0459. The van der Waals surface area contributed by atoms with Crippen LogP contribution < -0.4 is 5.32 Å². The Morgan fingerprint density at radius 1 is 1.56 bits per heavy atom. The number of anilines is 1. The van der Waals surface area contributed by atoms with Gasteiger partial charge in [-0.15, -0.1) is 0 Å². The van der Waals surface area contributed by atoms with Crippen molar-refractivity contribution in [3.05, 3.63) is 5.69 Å². The molecule has 0 saturated carbocycles. The Morgan fingerprint density at radius 3 is 2.50 bits per heavy atom. The molecule has 0 aliphatic heterocycles. The number of carbonyl (C=O) groups excluding carboxylic acids is 1. The Hall–Kier alpha value is -0.800. The molecule has 16 heavy (non-hydrogen) atoms. The van der Waals surface area contributed by atoms with Gasteiger partial charge in [0.05, 0.1) is 5.69 Å². The minimum Gasteiger partial charge on any atom is -0.297 e. The largest absolute Gasteiger partial charge is 0.315 e. The molecule has 1 aromatic rings. The van der Waals surface area contributed by atoms with Crippen LogP contribution in [0.3, 0.4) is 0 Å². The number of thiazole rings is 1. The van der Waals surface area contributed by atoms with Crippen LogP contribution in [-0.4, -0.2) is 25.7 Å². The summed E-state index contributed by atoms with van der Waals surface area (Å²) in [5.74, 6) is -1.55. The van der Waals surface area contributed by atoms with Crippen LogP contribution in [0.5, 0.6) is 0 Å². The van der Waals surface area contributed by atoms with Crippen LogP contribution in [0.25, 0.3) is 0 Å². The highest BCUT2D eigenvalue weighted by Gasteiger charge is 2.22. The van der Waals surface area contributed by atoms with Gasteiger partial charge in [0, 0.05) is 10.7 Å². The Kier molecular flexibility index (Phi) is 3.81. The van der Waals surface area contributed by atoms with Crippen molar-refractivity contribution in [1.29, 1.82) is 0 Å². The second kappa shape index (κ2) is 4.60. The molecule has 0 saturated heterocycles. The van der Waals surface area contributed by atoms with Crippen LogP contribution >= 0.6 is 22.0 Å². The van der Waals surface area contributed by atoms with Crippen LogP contribution in [0.2, 0.25) is 0 Å². The van der Waals surface area contributed by atoms with Crippen molar-refractivity contribution >= 4 is 42.1 Å². The fourth-order valence-corrected chi connectivity index (χ4v) is 3.18. The van der Waals surface area contributed by atoms with Gasteiger partial charge in [0.25, 0.3) is 15.0 Å². The smallest absolute Gasteiger partial charge is 0.297 e. The van der Waals surface area contributed by atoms with E-state index in [0.717, 1.165) is 0 Å². The molecule has 0 bridgehead atoms. The number of amides is 1. The molecule has 90 valence electrons. The van der Waals surface area contributed by atoms with E-state index >= 15 is 0 Å². The van der Waals surface area contributed by atoms with Gasteiger partial charge in [-0.2, -0.15) is 8.78 Å². The number of rotatable bonds is 3. The number of nitrogens with one attached hydrogen (secondary N) is 1. The molecular formula is C6H5ClF2N2O3S2. The molecule has 1 heterocycles. The molecule has 1 N–H and O–H groups in total. The highest BCUT2D eigenvalue weighted by molar-refractivity contribution is 8.15. The van der Waals surface area contributed by atoms with Crippen molar-refractivity contribution in [2.24, 2.45) is 0 Å². The highest BCUT2D eigenvalue weighted by Crippen LogP contribution is 2.29. The number of hydrogen-bond donors (Lipinski definition) is 1. The maximum absolute atomic E-state index is 11.9. The van der Waals surface area contributed by atoms with E-state index in [9.17, 15) is 22.0 Å². The van der Waals surface area contributed by atoms with E-state index in [1.165, 1.54) is 6.92 Å². The summed E-state index contributed by atoms with van der Waals surface area (Å²) in [7, 11) is 1.08. The van der Waals surface area contributed by atoms with E-state index in [1.54, 1.807) is 5.32 Å². The SMILES string of the molecule is Cc1nc(NC(=O)C(F)F)sc1S(=O)(=O)Cl. The summed E-state index contributed by atoms with van der Waals surface area (Å²) >= 11 is 0.516. The average molecular weight is 291 g/mol. The molecule has 0 aliphatic carbocycles. The molecule has 1 aromatic heterocycles. The molecule has 1 rings (SSSR count). The molecule has 0 unspecified atom stereocenters. The van der Waals surface area contributed by atoms with Crippen molar-refractivity contribution in [2.45, 2.75) is 17.6 Å². The van der Waals surface area contributed by atoms with Gasteiger partial charge in [-0.3, -0.25) is 10.1 Å². The molecule has 0 aromatic carbocycles. The molecule has 0 atom stereocenters. The lowest BCUT2D eigenvalue weighted by atomic mass is 10.6. The Bertz CT molecular complexity index is 514. The normalized spacial score (nSPS) is 11.8. The number of carbonyl (C=O) groups is 1. The first-order valence-corrected chi connectivity index (χ1v) is 6.85. The van der Waals surface area contributed by atoms with Gasteiger partial charge >= 0.3 is 6.43 Å². The maximum atomic E-state index is 11.9. The molecule has 10 heteroatoms. The van der Waals surface area contributed by atoms with E-state index in [-0.39, 0.29) is 15.0 Å². The molecular weight excluding hydrogens is 286 g/mol. The number of nitrogens with zero attached hydrogens (tertiary/aromatic N) is 1. The van der Waals surface area contributed by atoms with Crippen LogP contribution in [0, 0.1) is 6.92 Å². The van der Waals surface area contributed by atoms with Crippen molar-refractivity contribution < 1.29 is 22.0 Å². The van der Waals surface area contributed by atoms with Crippen molar-refractivity contribution in [3.63, 3.8) is 0 Å². The predicted molar refractivity (Wildman–Crippen MR) is 54.5 cm³/mol. The monoisotopic (exact) mass is 290 g/mol. The molecule has 5 nitrogen and oxygen atoms in total. The lowest BCUT2D eigenvalue weighted by Gasteiger charge is -1.97. The van der Waals surface area contributed by atoms with Gasteiger partial charge in [-0.25, -0.2) is 13.4 Å². The van der Waals surface area contributed by atoms with E-state index in [4.69, 9.17) is 10.7 Å². The number of hydrogen-bond acceptors (Lipinski definition) is 5. The highest BCUT2D eigenvalue weighted by atomic mass is 35.7. The molecule has 1 amide bonds. The van der Waals surface area contributed by atoms with Crippen LogP contribution in [0.15, 0.2) is 4.21 Å². The topological polar surface area (TPSA) is 76.1 Å². The second-order valence-corrected chi connectivity index (χ2v) is 6.38. The van der Waals surface area contributed by atoms with Crippen molar-refractivity contribution in [1.82, 2.24) is 4.98 Å². The first-order chi connectivity index (χ1) is 7.21. The first-order valence-electron chi connectivity index (χ1n) is 3.73.